The lowest BCUT2D eigenvalue weighted by atomic mass is 9.99. The highest BCUT2D eigenvalue weighted by molar-refractivity contribution is 6.30. The van der Waals surface area contributed by atoms with Gasteiger partial charge < -0.3 is 9.14 Å². The van der Waals surface area contributed by atoms with E-state index in [1.54, 1.807) is 24.3 Å². The van der Waals surface area contributed by atoms with Crippen LogP contribution in [0.1, 0.15) is 32.0 Å². The van der Waals surface area contributed by atoms with Gasteiger partial charge in [0, 0.05) is 10.6 Å². The number of rotatable bonds is 3. The number of carbonyl (C=O) groups excluding carboxylic acids is 2. The number of para-hydroxylation sites is 1. The fraction of sp³-hybridized carbons (Fsp3) is 0.0909. The number of aromatic nitrogens is 1. The van der Waals surface area contributed by atoms with Gasteiger partial charge in [-0.1, -0.05) is 35.9 Å². The van der Waals surface area contributed by atoms with Crippen LogP contribution < -0.4 is 0 Å². The van der Waals surface area contributed by atoms with Crippen molar-refractivity contribution in [1.29, 1.82) is 0 Å². The Morgan fingerprint density at radius 2 is 1.57 bits per heavy atom. The van der Waals surface area contributed by atoms with E-state index in [0.29, 0.717) is 10.4 Å². The highest BCUT2D eigenvalue weighted by atomic mass is 35.5. The molecule has 0 fully saturated rings. The van der Waals surface area contributed by atoms with Crippen molar-refractivity contribution in [3.8, 4) is 0 Å². The van der Waals surface area contributed by atoms with E-state index in [0.717, 1.165) is 11.5 Å². The lowest BCUT2D eigenvalue weighted by Crippen LogP contribution is -2.17. The molecular weight excluding hydrogens is 419 g/mol. The molecule has 4 aromatic rings. The van der Waals surface area contributed by atoms with E-state index >= 15 is 0 Å². The maximum Gasteiger partial charge on any atom is 0.432 e. The molecule has 30 heavy (non-hydrogen) atoms. The summed E-state index contributed by atoms with van der Waals surface area (Å²) in [6, 6.07) is 15.1. The molecule has 0 amide bonds. The van der Waals surface area contributed by atoms with Crippen LogP contribution in [0.3, 0.4) is 0 Å². The van der Waals surface area contributed by atoms with Crippen LogP contribution in [-0.2, 0) is 10.9 Å². The molecule has 0 saturated carbocycles. The zero-order chi connectivity index (χ0) is 21.6. The van der Waals surface area contributed by atoms with Gasteiger partial charge in [0.2, 0.25) is 0 Å². The fourth-order valence-electron chi connectivity index (χ4n) is 3.54. The Kier molecular flexibility index (Phi) is 4.78. The number of benzene rings is 2. The van der Waals surface area contributed by atoms with Crippen LogP contribution in [0.5, 0.6) is 0 Å². The molecule has 8 heteroatoms. The molecule has 0 aliphatic rings. The van der Waals surface area contributed by atoms with Crippen LogP contribution in [0, 0.1) is 0 Å². The monoisotopic (exact) mass is 431 g/mol. The number of alkyl halides is 3. The molecule has 0 atom stereocenters. The predicted molar refractivity (Wildman–Crippen MR) is 106 cm³/mol. The Morgan fingerprint density at radius 3 is 2.20 bits per heavy atom. The normalized spacial score (nSPS) is 11.8. The summed E-state index contributed by atoms with van der Waals surface area (Å²) in [7, 11) is 0.972. The van der Waals surface area contributed by atoms with Gasteiger partial charge in [-0.25, -0.2) is 4.79 Å². The highest BCUT2D eigenvalue weighted by Crippen LogP contribution is 2.40. The minimum Gasteiger partial charge on any atom is -0.465 e. The molecule has 0 unspecified atom stereocenters. The van der Waals surface area contributed by atoms with Gasteiger partial charge in [0.05, 0.1) is 23.7 Å². The summed E-state index contributed by atoms with van der Waals surface area (Å²) in [5.74, 6) is -1.98. The zero-order valence-corrected chi connectivity index (χ0v) is 16.2. The summed E-state index contributed by atoms with van der Waals surface area (Å²) < 4.78 is 48.1. The highest BCUT2D eigenvalue weighted by Gasteiger charge is 2.43. The second-order valence-corrected chi connectivity index (χ2v) is 6.97. The number of ether oxygens (including phenoxy) is 1. The summed E-state index contributed by atoms with van der Waals surface area (Å²) in [5.41, 5.74) is -2.18. The molecule has 4 nitrogen and oxygen atoms in total. The van der Waals surface area contributed by atoms with Crippen molar-refractivity contribution in [2.75, 3.05) is 7.11 Å². The van der Waals surface area contributed by atoms with Gasteiger partial charge in [-0.15, -0.1) is 0 Å². The van der Waals surface area contributed by atoms with Gasteiger partial charge in [-0.2, -0.15) is 13.2 Å². The van der Waals surface area contributed by atoms with Crippen molar-refractivity contribution in [3.05, 3.63) is 88.1 Å². The number of carbonyl (C=O) groups is 2. The minimum absolute atomic E-state index is 0.0404. The molecule has 0 bridgehead atoms. The van der Waals surface area contributed by atoms with Gasteiger partial charge >= 0.3 is 12.1 Å². The average Bonchev–Trinajstić information content (AvgIpc) is 3.09. The Labute approximate surface area is 173 Å². The first-order chi connectivity index (χ1) is 14.2. The maximum atomic E-state index is 14.2. The van der Waals surface area contributed by atoms with Crippen molar-refractivity contribution in [3.63, 3.8) is 0 Å². The Bertz CT molecular complexity index is 1310. The van der Waals surface area contributed by atoms with Crippen LogP contribution >= 0.6 is 11.6 Å². The third-order valence-electron chi connectivity index (χ3n) is 4.80. The van der Waals surface area contributed by atoms with Crippen LogP contribution in [0.25, 0.3) is 16.4 Å². The van der Waals surface area contributed by atoms with Gasteiger partial charge in [0.15, 0.2) is 5.78 Å². The topological polar surface area (TPSA) is 47.8 Å². The van der Waals surface area contributed by atoms with Crippen molar-refractivity contribution in [2.24, 2.45) is 0 Å². The SMILES string of the molecule is COC(=O)c1c(C(=O)c2ccc(Cl)cc2)c2ccc3ccccc3n2c1C(F)(F)F. The first-order valence-corrected chi connectivity index (χ1v) is 9.13. The number of methoxy groups -OCH3 is 1. The molecule has 4 rings (SSSR count). The van der Waals surface area contributed by atoms with Gasteiger partial charge in [0.25, 0.3) is 0 Å². The quantitative estimate of drug-likeness (QED) is 0.305. The summed E-state index contributed by atoms with van der Waals surface area (Å²) in [6.07, 6.45) is -4.92. The molecule has 2 heterocycles. The number of esters is 1. The van der Waals surface area contributed by atoms with E-state index in [9.17, 15) is 22.8 Å². The van der Waals surface area contributed by atoms with Crippen molar-refractivity contribution in [2.45, 2.75) is 6.18 Å². The summed E-state index contributed by atoms with van der Waals surface area (Å²) in [4.78, 5) is 25.7. The molecular formula is C22H13ClF3NO3. The lowest BCUT2D eigenvalue weighted by molar-refractivity contribution is -0.142. The molecule has 0 aliphatic heterocycles. The minimum atomic E-state index is -4.92. The third-order valence-corrected chi connectivity index (χ3v) is 5.05. The molecule has 0 N–H and O–H groups in total. The zero-order valence-electron chi connectivity index (χ0n) is 15.5. The van der Waals surface area contributed by atoms with Gasteiger partial charge in [0.1, 0.15) is 11.3 Å². The Hall–Kier alpha value is -3.32. The van der Waals surface area contributed by atoms with E-state index in [4.69, 9.17) is 11.6 Å². The van der Waals surface area contributed by atoms with E-state index < -0.39 is 29.2 Å². The number of hydrogen-bond donors (Lipinski definition) is 0. The standard InChI is InChI=1S/C22H13ClF3NO3/c1-30-21(29)18-17(19(28)13-6-9-14(23)10-7-13)16-11-8-12-4-2-3-5-15(12)27(16)20(18)22(24,25)26/h2-11H,1H3. The molecule has 0 aliphatic carbocycles. The van der Waals surface area contributed by atoms with E-state index in [1.165, 1.54) is 36.4 Å². The molecule has 152 valence electrons. The second-order valence-electron chi connectivity index (χ2n) is 6.54. The van der Waals surface area contributed by atoms with Crippen molar-refractivity contribution in [1.82, 2.24) is 4.40 Å². The summed E-state index contributed by atoms with van der Waals surface area (Å²) in [5, 5.41) is 0.885. The molecule has 0 saturated heterocycles. The van der Waals surface area contributed by atoms with Crippen molar-refractivity contribution < 1.29 is 27.5 Å². The lowest BCUT2D eigenvalue weighted by Gasteiger charge is -2.11. The smallest absolute Gasteiger partial charge is 0.432 e. The number of ketones is 1. The van der Waals surface area contributed by atoms with E-state index in [1.807, 2.05) is 0 Å². The van der Waals surface area contributed by atoms with Crippen LogP contribution in [-0.4, -0.2) is 23.3 Å². The molecule has 2 aromatic carbocycles. The average molecular weight is 432 g/mol. The first-order valence-electron chi connectivity index (χ1n) is 8.76. The van der Waals surface area contributed by atoms with E-state index in [-0.39, 0.29) is 22.2 Å². The number of halogens is 4. The van der Waals surface area contributed by atoms with Gasteiger partial charge in [-0.05, 0) is 41.8 Å². The first kappa shape index (κ1) is 20.0. The molecule has 0 radical (unpaired) electrons. The molecule has 0 spiro atoms. The van der Waals surface area contributed by atoms with Crippen LogP contribution in [0.15, 0.2) is 60.7 Å². The fourth-order valence-corrected chi connectivity index (χ4v) is 3.67. The maximum absolute atomic E-state index is 14.2. The van der Waals surface area contributed by atoms with Gasteiger partial charge in [-0.3, -0.25) is 4.79 Å². The summed E-state index contributed by atoms with van der Waals surface area (Å²) in [6.45, 7) is 0. The Morgan fingerprint density at radius 1 is 0.900 bits per heavy atom. The number of pyridine rings is 1. The molecule has 2 aromatic heterocycles. The largest absolute Gasteiger partial charge is 0.465 e. The third kappa shape index (κ3) is 3.11. The van der Waals surface area contributed by atoms with Crippen LogP contribution in [0.4, 0.5) is 13.2 Å². The predicted octanol–water partition coefficient (Wildman–Crippen LogP) is 5.78. The van der Waals surface area contributed by atoms with E-state index in [2.05, 4.69) is 4.74 Å². The Balaban J connectivity index is 2.18. The number of hydrogen-bond acceptors (Lipinski definition) is 3. The van der Waals surface area contributed by atoms with Crippen LogP contribution in [0.2, 0.25) is 5.02 Å². The second kappa shape index (κ2) is 7.18. The van der Waals surface area contributed by atoms with Crippen molar-refractivity contribution >= 4 is 39.8 Å². The summed E-state index contributed by atoms with van der Waals surface area (Å²) >= 11 is 5.85. The number of fused-ring (bicyclic) bond motifs is 3. The number of nitrogens with zero attached hydrogens (tertiary/aromatic N) is 1.